The standard InChI is InChI=1S/C13H14FNO2S/c1-9(13(16)17-2)7-18-8-11-3-10(6-15)4-12(14)5-11/h3-5,9H,7-8H2,1-2H3. The smallest absolute Gasteiger partial charge is 0.309 e. The highest BCUT2D eigenvalue weighted by Gasteiger charge is 2.12. The first-order valence-corrected chi connectivity index (χ1v) is 6.57. The predicted octanol–water partition coefficient (Wildman–Crippen LogP) is 2.74. The number of hydrogen-bond acceptors (Lipinski definition) is 4. The Labute approximate surface area is 110 Å². The monoisotopic (exact) mass is 267 g/mol. The molecular weight excluding hydrogens is 253 g/mol. The van der Waals surface area contributed by atoms with Gasteiger partial charge in [0.05, 0.1) is 24.7 Å². The van der Waals surface area contributed by atoms with Gasteiger partial charge in [0.1, 0.15) is 5.82 Å². The highest BCUT2D eigenvalue weighted by atomic mass is 32.2. The number of methoxy groups -OCH3 is 1. The van der Waals surface area contributed by atoms with Crippen molar-refractivity contribution in [3.8, 4) is 6.07 Å². The molecule has 1 aromatic rings. The fourth-order valence-corrected chi connectivity index (χ4v) is 2.43. The molecule has 0 saturated carbocycles. The maximum Gasteiger partial charge on any atom is 0.309 e. The van der Waals surface area contributed by atoms with Crippen LogP contribution in [0.2, 0.25) is 0 Å². The number of ether oxygens (including phenoxy) is 1. The maximum absolute atomic E-state index is 13.1. The van der Waals surface area contributed by atoms with Crippen LogP contribution in [-0.2, 0) is 15.3 Å². The second-order valence-corrected chi connectivity index (χ2v) is 4.93. The molecule has 0 amide bonds. The van der Waals surface area contributed by atoms with E-state index in [2.05, 4.69) is 4.74 Å². The minimum atomic E-state index is -0.411. The van der Waals surface area contributed by atoms with Crippen molar-refractivity contribution in [2.75, 3.05) is 12.9 Å². The molecule has 0 aliphatic rings. The molecule has 0 saturated heterocycles. The number of benzene rings is 1. The summed E-state index contributed by atoms with van der Waals surface area (Å²) in [7, 11) is 1.36. The van der Waals surface area contributed by atoms with Gasteiger partial charge in [0, 0.05) is 11.5 Å². The SMILES string of the molecule is COC(=O)C(C)CSCc1cc(F)cc(C#N)c1. The molecule has 5 heteroatoms. The fourth-order valence-electron chi connectivity index (χ4n) is 1.42. The molecule has 0 aliphatic heterocycles. The Balaban J connectivity index is 2.52. The third kappa shape index (κ3) is 4.38. The van der Waals surface area contributed by atoms with Gasteiger partial charge in [-0.1, -0.05) is 6.92 Å². The summed E-state index contributed by atoms with van der Waals surface area (Å²) in [5.74, 6) is 0.313. The minimum Gasteiger partial charge on any atom is -0.469 e. The van der Waals surface area contributed by atoms with Gasteiger partial charge in [-0.05, 0) is 23.8 Å². The van der Waals surface area contributed by atoms with Gasteiger partial charge in [-0.3, -0.25) is 4.79 Å². The Morgan fingerprint density at radius 3 is 2.89 bits per heavy atom. The van der Waals surface area contributed by atoms with Crippen LogP contribution in [0.4, 0.5) is 4.39 Å². The number of nitrogens with zero attached hydrogens (tertiary/aromatic N) is 1. The summed E-state index contributed by atoms with van der Waals surface area (Å²) in [5.41, 5.74) is 1.06. The average molecular weight is 267 g/mol. The molecule has 0 fully saturated rings. The van der Waals surface area contributed by atoms with Crippen LogP contribution < -0.4 is 0 Å². The van der Waals surface area contributed by atoms with Gasteiger partial charge in [-0.15, -0.1) is 0 Å². The largest absolute Gasteiger partial charge is 0.469 e. The van der Waals surface area contributed by atoms with Gasteiger partial charge >= 0.3 is 5.97 Å². The molecule has 0 aromatic heterocycles. The van der Waals surface area contributed by atoms with Gasteiger partial charge in [0.25, 0.3) is 0 Å². The molecular formula is C13H14FNO2S. The summed E-state index contributed by atoms with van der Waals surface area (Å²) in [4.78, 5) is 11.2. The number of nitriles is 1. The molecule has 1 atom stereocenters. The quantitative estimate of drug-likeness (QED) is 0.770. The molecule has 0 spiro atoms. The molecule has 1 aromatic carbocycles. The Bertz CT molecular complexity index is 471. The number of carbonyl (C=O) groups excluding carboxylic acids is 1. The summed E-state index contributed by atoms with van der Waals surface area (Å²) in [6.07, 6.45) is 0. The van der Waals surface area contributed by atoms with E-state index in [1.54, 1.807) is 13.0 Å². The molecule has 0 bridgehead atoms. The first-order chi connectivity index (χ1) is 8.56. The lowest BCUT2D eigenvalue weighted by Crippen LogP contribution is -2.14. The van der Waals surface area contributed by atoms with Crippen LogP contribution in [0, 0.1) is 23.1 Å². The Morgan fingerprint density at radius 2 is 2.28 bits per heavy atom. The minimum absolute atomic E-state index is 0.191. The van der Waals surface area contributed by atoms with Crippen molar-refractivity contribution in [2.45, 2.75) is 12.7 Å². The Hall–Kier alpha value is -1.54. The van der Waals surface area contributed by atoms with Gasteiger partial charge in [0.2, 0.25) is 0 Å². The summed E-state index contributed by atoms with van der Waals surface area (Å²) in [6, 6.07) is 6.16. The lowest BCUT2D eigenvalue weighted by Gasteiger charge is -2.08. The summed E-state index contributed by atoms with van der Waals surface area (Å²) in [6.45, 7) is 1.78. The summed E-state index contributed by atoms with van der Waals surface area (Å²) in [5, 5.41) is 8.72. The van der Waals surface area contributed by atoms with Gasteiger partial charge in [-0.25, -0.2) is 4.39 Å². The van der Waals surface area contributed by atoms with Crippen molar-refractivity contribution < 1.29 is 13.9 Å². The van der Waals surface area contributed by atoms with Crippen molar-refractivity contribution in [2.24, 2.45) is 5.92 Å². The predicted molar refractivity (Wildman–Crippen MR) is 68.5 cm³/mol. The molecule has 1 rings (SSSR count). The first kappa shape index (κ1) is 14.5. The fraction of sp³-hybridized carbons (Fsp3) is 0.385. The lowest BCUT2D eigenvalue weighted by atomic mass is 10.1. The number of hydrogen-bond donors (Lipinski definition) is 0. The summed E-state index contributed by atoms with van der Waals surface area (Å²) < 4.78 is 17.8. The number of esters is 1. The second-order valence-electron chi connectivity index (χ2n) is 3.90. The van der Waals surface area contributed by atoms with E-state index in [9.17, 15) is 9.18 Å². The maximum atomic E-state index is 13.1. The molecule has 18 heavy (non-hydrogen) atoms. The average Bonchev–Trinajstić information content (AvgIpc) is 2.36. The van der Waals surface area contributed by atoms with E-state index >= 15 is 0 Å². The van der Waals surface area contributed by atoms with E-state index in [1.807, 2.05) is 6.07 Å². The third-order valence-electron chi connectivity index (χ3n) is 2.33. The van der Waals surface area contributed by atoms with Crippen LogP contribution in [0.5, 0.6) is 0 Å². The Kier molecular flexibility index (Phi) is 5.66. The Morgan fingerprint density at radius 1 is 1.56 bits per heavy atom. The lowest BCUT2D eigenvalue weighted by molar-refractivity contribution is -0.143. The normalized spacial score (nSPS) is 11.7. The van der Waals surface area contributed by atoms with E-state index in [1.165, 1.54) is 31.0 Å². The van der Waals surface area contributed by atoms with Crippen LogP contribution >= 0.6 is 11.8 Å². The zero-order valence-electron chi connectivity index (χ0n) is 10.3. The van der Waals surface area contributed by atoms with Crippen molar-refractivity contribution in [1.82, 2.24) is 0 Å². The number of carbonyl (C=O) groups is 1. The van der Waals surface area contributed by atoms with E-state index in [0.717, 1.165) is 5.56 Å². The summed E-state index contributed by atoms with van der Waals surface area (Å²) >= 11 is 1.51. The van der Waals surface area contributed by atoms with Crippen molar-refractivity contribution in [3.63, 3.8) is 0 Å². The van der Waals surface area contributed by atoms with E-state index in [4.69, 9.17) is 5.26 Å². The van der Waals surface area contributed by atoms with Crippen LogP contribution in [0.15, 0.2) is 18.2 Å². The van der Waals surface area contributed by atoms with Gasteiger partial charge in [-0.2, -0.15) is 17.0 Å². The molecule has 1 unspecified atom stereocenters. The zero-order valence-corrected chi connectivity index (χ0v) is 11.1. The third-order valence-corrected chi connectivity index (χ3v) is 3.60. The van der Waals surface area contributed by atoms with E-state index in [-0.39, 0.29) is 11.9 Å². The highest BCUT2D eigenvalue weighted by Crippen LogP contribution is 2.18. The molecule has 3 nitrogen and oxygen atoms in total. The van der Waals surface area contributed by atoms with Crippen LogP contribution in [0.3, 0.4) is 0 Å². The van der Waals surface area contributed by atoms with E-state index < -0.39 is 5.82 Å². The number of rotatable bonds is 5. The van der Waals surface area contributed by atoms with Crippen LogP contribution in [-0.4, -0.2) is 18.8 Å². The topological polar surface area (TPSA) is 50.1 Å². The first-order valence-electron chi connectivity index (χ1n) is 5.42. The zero-order chi connectivity index (χ0) is 13.5. The number of thioether (sulfide) groups is 1. The van der Waals surface area contributed by atoms with Crippen LogP contribution in [0.25, 0.3) is 0 Å². The highest BCUT2D eigenvalue weighted by molar-refractivity contribution is 7.98. The van der Waals surface area contributed by atoms with Crippen LogP contribution in [0.1, 0.15) is 18.1 Å². The molecule has 0 N–H and O–H groups in total. The van der Waals surface area contributed by atoms with Gasteiger partial charge < -0.3 is 4.74 Å². The van der Waals surface area contributed by atoms with Crippen molar-refractivity contribution >= 4 is 17.7 Å². The molecule has 0 aliphatic carbocycles. The molecule has 0 heterocycles. The van der Waals surface area contributed by atoms with Crippen molar-refractivity contribution in [1.29, 1.82) is 5.26 Å². The molecule has 0 radical (unpaired) electrons. The van der Waals surface area contributed by atoms with Crippen molar-refractivity contribution in [3.05, 3.63) is 35.1 Å². The van der Waals surface area contributed by atoms with E-state index in [0.29, 0.717) is 17.1 Å². The second kappa shape index (κ2) is 7.02. The van der Waals surface area contributed by atoms with Gasteiger partial charge in [0.15, 0.2) is 0 Å². The molecule has 96 valence electrons. The number of halogens is 1.